The van der Waals surface area contributed by atoms with Crippen molar-refractivity contribution in [3.63, 3.8) is 0 Å². The van der Waals surface area contributed by atoms with Gasteiger partial charge in [-0.2, -0.15) is 5.10 Å². The minimum absolute atomic E-state index is 0.0000463. The summed E-state index contributed by atoms with van der Waals surface area (Å²) in [5.74, 6) is -0.831. The molecule has 0 saturated heterocycles. The molecule has 0 aliphatic rings. The van der Waals surface area contributed by atoms with E-state index in [9.17, 15) is 13.6 Å². The van der Waals surface area contributed by atoms with Gasteiger partial charge in [-0.3, -0.25) is 9.89 Å². The van der Waals surface area contributed by atoms with Gasteiger partial charge in [0.15, 0.2) is 0 Å². The standard InChI is InChI=1S/C12H8F2N4O/c13-7-1-2-8(14)6(3-7)4-10-16-9-5-15-18-11(9)12(19)17-10/h1-3,5H,4H2,(H,15,18)(H,16,17,19). The molecule has 3 rings (SSSR count). The number of rotatable bonds is 2. The second-order valence-electron chi connectivity index (χ2n) is 4.06. The SMILES string of the molecule is O=c1[nH]c(Cc2cc(F)ccc2F)nc2cn[nH]c12. The van der Waals surface area contributed by atoms with Gasteiger partial charge in [0.2, 0.25) is 0 Å². The normalized spacial score (nSPS) is 11.1. The Labute approximate surface area is 105 Å². The smallest absolute Gasteiger partial charge is 0.276 e. The largest absolute Gasteiger partial charge is 0.308 e. The number of nitrogens with one attached hydrogen (secondary N) is 2. The molecule has 19 heavy (non-hydrogen) atoms. The van der Waals surface area contributed by atoms with Crippen LogP contribution in [0.3, 0.4) is 0 Å². The van der Waals surface area contributed by atoms with Gasteiger partial charge in [0.1, 0.15) is 28.5 Å². The van der Waals surface area contributed by atoms with Crippen LogP contribution >= 0.6 is 0 Å². The van der Waals surface area contributed by atoms with Gasteiger partial charge >= 0.3 is 0 Å². The summed E-state index contributed by atoms with van der Waals surface area (Å²) >= 11 is 0. The third kappa shape index (κ3) is 2.10. The fraction of sp³-hybridized carbons (Fsp3) is 0.0833. The fourth-order valence-electron chi connectivity index (χ4n) is 1.84. The average molecular weight is 262 g/mol. The van der Waals surface area contributed by atoms with Crippen LogP contribution in [0.25, 0.3) is 11.0 Å². The predicted molar refractivity (Wildman–Crippen MR) is 63.7 cm³/mol. The van der Waals surface area contributed by atoms with Crippen molar-refractivity contribution in [3.8, 4) is 0 Å². The minimum atomic E-state index is -0.545. The first-order chi connectivity index (χ1) is 9.13. The van der Waals surface area contributed by atoms with Gasteiger partial charge in [-0.05, 0) is 23.8 Å². The number of hydrogen-bond acceptors (Lipinski definition) is 3. The summed E-state index contributed by atoms with van der Waals surface area (Å²) in [6.07, 6.45) is 1.40. The van der Waals surface area contributed by atoms with E-state index < -0.39 is 17.2 Å². The molecule has 0 bridgehead atoms. The summed E-state index contributed by atoms with van der Waals surface area (Å²) in [5, 5.41) is 6.21. The van der Waals surface area contributed by atoms with Gasteiger partial charge in [0, 0.05) is 6.42 Å². The molecule has 7 heteroatoms. The van der Waals surface area contributed by atoms with Crippen LogP contribution in [0.15, 0.2) is 29.2 Å². The highest BCUT2D eigenvalue weighted by atomic mass is 19.1. The van der Waals surface area contributed by atoms with E-state index in [-0.39, 0.29) is 23.3 Å². The Morgan fingerprint density at radius 3 is 2.95 bits per heavy atom. The maximum atomic E-state index is 13.5. The molecule has 0 fully saturated rings. The summed E-state index contributed by atoms with van der Waals surface area (Å²) in [6.45, 7) is 0. The molecule has 0 atom stereocenters. The van der Waals surface area contributed by atoms with E-state index in [2.05, 4.69) is 20.2 Å². The lowest BCUT2D eigenvalue weighted by Crippen LogP contribution is -2.12. The van der Waals surface area contributed by atoms with Crippen molar-refractivity contribution < 1.29 is 8.78 Å². The van der Waals surface area contributed by atoms with Crippen molar-refractivity contribution in [3.05, 3.63) is 57.8 Å². The number of benzene rings is 1. The van der Waals surface area contributed by atoms with Crippen LogP contribution in [0, 0.1) is 11.6 Å². The van der Waals surface area contributed by atoms with Crippen LogP contribution in [-0.4, -0.2) is 20.2 Å². The zero-order valence-electron chi connectivity index (χ0n) is 9.58. The number of nitrogens with zero attached hydrogens (tertiary/aromatic N) is 2. The van der Waals surface area contributed by atoms with Gasteiger partial charge < -0.3 is 4.98 Å². The Bertz CT molecular complexity index is 809. The Hall–Kier alpha value is -2.57. The molecule has 0 aliphatic heterocycles. The van der Waals surface area contributed by atoms with Crippen molar-refractivity contribution in [2.24, 2.45) is 0 Å². The van der Waals surface area contributed by atoms with E-state index in [4.69, 9.17) is 0 Å². The minimum Gasteiger partial charge on any atom is -0.308 e. The summed E-state index contributed by atoms with van der Waals surface area (Å²) in [4.78, 5) is 18.3. The third-order valence-electron chi connectivity index (χ3n) is 2.73. The summed E-state index contributed by atoms with van der Waals surface area (Å²) in [6, 6.07) is 3.16. The van der Waals surface area contributed by atoms with E-state index in [0.717, 1.165) is 18.2 Å². The molecule has 0 radical (unpaired) electrons. The second kappa shape index (κ2) is 4.27. The van der Waals surface area contributed by atoms with Gasteiger partial charge in [-0.15, -0.1) is 0 Å². The van der Waals surface area contributed by atoms with Crippen LogP contribution < -0.4 is 5.56 Å². The van der Waals surface area contributed by atoms with E-state index in [0.29, 0.717) is 5.52 Å². The van der Waals surface area contributed by atoms with Crippen molar-refractivity contribution in [1.82, 2.24) is 20.2 Å². The molecule has 0 unspecified atom stereocenters. The molecule has 2 heterocycles. The number of fused-ring (bicyclic) bond motifs is 1. The lowest BCUT2D eigenvalue weighted by Gasteiger charge is -2.03. The van der Waals surface area contributed by atoms with Crippen molar-refractivity contribution >= 4 is 11.0 Å². The van der Waals surface area contributed by atoms with Gasteiger partial charge in [-0.1, -0.05) is 0 Å². The lowest BCUT2D eigenvalue weighted by atomic mass is 10.1. The van der Waals surface area contributed by atoms with Gasteiger partial charge in [-0.25, -0.2) is 13.8 Å². The summed E-state index contributed by atoms with van der Waals surface area (Å²) in [5.41, 5.74) is 0.374. The van der Waals surface area contributed by atoms with Gasteiger partial charge in [0.25, 0.3) is 5.56 Å². The molecule has 1 aromatic carbocycles. The Kier molecular flexibility index (Phi) is 2.59. The molecule has 3 aromatic rings. The molecular weight excluding hydrogens is 254 g/mol. The highest BCUT2D eigenvalue weighted by molar-refractivity contribution is 5.71. The third-order valence-corrected chi connectivity index (χ3v) is 2.73. The summed E-state index contributed by atoms with van der Waals surface area (Å²) < 4.78 is 26.6. The van der Waals surface area contributed by atoms with Crippen LogP contribution in [0.4, 0.5) is 8.78 Å². The van der Waals surface area contributed by atoms with Crippen LogP contribution in [0.1, 0.15) is 11.4 Å². The van der Waals surface area contributed by atoms with E-state index in [1.54, 1.807) is 0 Å². The maximum absolute atomic E-state index is 13.5. The first-order valence-corrected chi connectivity index (χ1v) is 5.49. The zero-order valence-corrected chi connectivity index (χ0v) is 9.58. The molecule has 2 N–H and O–H groups in total. The lowest BCUT2D eigenvalue weighted by molar-refractivity contribution is 0.587. The van der Waals surface area contributed by atoms with Crippen LogP contribution in [0.5, 0.6) is 0 Å². The highest BCUT2D eigenvalue weighted by Gasteiger charge is 2.09. The first-order valence-electron chi connectivity index (χ1n) is 5.49. The molecule has 0 spiro atoms. The quantitative estimate of drug-likeness (QED) is 0.735. The topological polar surface area (TPSA) is 74.4 Å². The molecular formula is C12H8F2N4O. The van der Waals surface area contributed by atoms with Crippen molar-refractivity contribution in [1.29, 1.82) is 0 Å². The first kappa shape index (κ1) is 11.5. The predicted octanol–water partition coefficient (Wildman–Crippen LogP) is 1.52. The highest BCUT2D eigenvalue weighted by Crippen LogP contribution is 2.13. The van der Waals surface area contributed by atoms with E-state index in [1.807, 2.05) is 0 Å². The Morgan fingerprint density at radius 1 is 1.26 bits per heavy atom. The van der Waals surface area contributed by atoms with Crippen LogP contribution in [-0.2, 0) is 6.42 Å². The molecule has 0 amide bonds. The molecule has 2 aromatic heterocycles. The summed E-state index contributed by atoms with van der Waals surface area (Å²) in [7, 11) is 0. The Balaban J connectivity index is 2.05. The second-order valence-corrected chi connectivity index (χ2v) is 4.06. The average Bonchev–Trinajstić information content (AvgIpc) is 2.82. The van der Waals surface area contributed by atoms with Crippen molar-refractivity contribution in [2.75, 3.05) is 0 Å². The number of aromatic amines is 2. The maximum Gasteiger partial charge on any atom is 0.276 e. The Morgan fingerprint density at radius 2 is 2.11 bits per heavy atom. The van der Waals surface area contributed by atoms with Crippen molar-refractivity contribution in [2.45, 2.75) is 6.42 Å². The molecule has 5 nitrogen and oxygen atoms in total. The zero-order chi connectivity index (χ0) is 13.4. The van der Waals surface area contributed by atoms with E-state index >= 15 is 0 Å². The number of H-pyrrole nitrogens is 2. The monoisotopic (exact) mass is 262 g/mol. The van der Waals surface area contributed by atoms with Gasteiger partial charge in [0.05, 0.1) is 6.20 Å². The van der Waals surface area contributed by atoms with E-state index in [1.165, 1.54) is 6.20 Å². The molecule has 96 valence electrons. The number of aromatic nitrogens is 4. The number of halogens is 2. The number of hydrogen-bond donors (Lipinski definition) is 2. The van der Waals surface area contributed by atoms with Crippen LogP contribution in [0.2, 0.25) is 0 Å². The molecule has 0 saturated carbocycles. The molecule has 0 aliphatic carbocycles. The fourth-order valence-corrected chi connectivity index (χ4v) is 1.84.